The molecule has 0 spiro atoms. The molecule has 6 nitrogen and oxygen atoms in total. The van der Waals surface area contributed by atoms with E-state index in [2.05, 4.69) is 11.0 Å². The van der Waals surface area contributed by atoms with E-state index in [-0.39, 0.29) is 22.6 Å². The quantitative estimate of drug-likeness (QED) is 0.398. The van der Waals surface area contributed by atoms with Gasteiger partial charge >= 0.3 is 0 Å². The summed E-state index contributed by atoms with van der Waals surface area (Å²) >= 11 is 0. The molecular formula is C26H27N3O3. The monoisotopic (exact) mass is 429 g/mol. The number of hydrogen-bond donors (Lipinski definition) is 0. The summed E-state index contributed by atoms with van der Waals surface area (Å²) in [5.41, 5.74) is 3.59. The van der Waals surface area contributed by atoms with E-state index in [4.69, 9.17) is 0 Å². The first-order valence-corrected chi connectivity index (χ1v) is 10.9. The second-order valence-corrected chi connectivity index (χ2v) is 8.27. The fourth-order valence-electron chi connectivity index (χ4n) is 4.39. The topological polar surface area (TPSA) is 66.7 Å². The van der Waals surface area contributed by atoms with Crippen molar-refractivity contribution in [1.82, 2.24) is 4.90 Å². The molecule has 1 fully saturated rings. The summed E-state index contributed by atoms with van der Waals surface area (Å²) in [5.74, 6) is 0.00773. The van der Waals surface area contributed by atoms with Crippen LogP contribution in [0.5, 0.6) is 0 Å². The van der Waals surface area contributed by atoms with Gasteiger partial charge in [-0.25, -0.2) is 0 Å². The third-order valence-corrected chi connectivity index (χ3v) is 6.02. The third kappa shape index (κ3) is 4.86. The van der Waals surface area contributed by atoms with Gasteiger partial charge in [0.25, 0.3) is 11.6 Å². The molecule has 1 heterocycles. The van der Waals surface area contributed by atoms with E-state index in [0.29, 0.717) is 12.1 Å². The molecule has 1 amide bonds. The van der Waals surface area contributed by atoms with Gasteiger partial charge in [0.05, 0.1) is 4.92 Å². The minimum Gasteiger partial charge on any atom is -0.305 e. The van der Waals surface area contributed by atoms with Crippen molar-refractivity contribution in [2.75, 3.05) is 18.0 Å². The van der Waals surface area contributed by atoms with Crippen LogP contribution in [0.3, 0.4) is 0 Å². The smallest absolute Gasteiger partial charge is 0.273 e. The van der Waals surface area contributed by atoms with Crippen molar-refractivity contribution < 1.29 is 9.72 Å². The average molecular weight is 430 g/mol. The molecule has 0 N–H and O–H groups in total. The summed E-state index contributed by atoms with van der Waals surface area (Å²) in [4.78, 5) is 28.7. The van der Waals surface area contributed by atoms with Gasteiger partial charge in [-0.15, -0.1) is 0 Å². The van der Waals surface area contributed by atoms with E-state index < -0.39 is 0 Å². The minimum atomic E-state index is -0.319. The minimum absolute atomic E-state index is 0.00773. The van der Waals surface area contributed by atoms with Crippen molar-refractivity contribution in [3.8, 4) is 0 Å². The molecule has 0 saturated carbocycles. The van der Waals surface area contributed by atoms with Crippen molar-refractivity contribution in [1.29, 1.82) is 0 Å². The average Bonchev–Trinajstić information content (AvgIpc) is 2.81. The number of carbonyl (C=O) groups is 1. The molecule has 164 valence electrons. The zero-order chi connectivity index (χ0) is 22.5. The lowest BCUT2D eigenvalue weighted by molar-refractivity contribution is -0.385. The van der Waals surface area contributed by atoms with Gasteiger partial charge in [0.1, 0.15) is 0 Å². The number of para-hydroxylation sites is 1. The zero-order valence-corrected chi connectivity index (χ0v) is 18.2. The van der Waals surface area contributed by atoms with Crippen LogP contribution in [0, 0.1) is 17.0 Å². The predicted molar refractivity (Wildman–Crippen MR) is 126 cm³/mol. The number of rotatable bonds is 6. The van der Waals surface area contributed by atoms with Gasteiger partial charge in [-0.1, -0.05) is 48.5 Å². The fourth-order valence-corrected chi connectivity index (χ4v) is 4.39. The van der Waals surface area contributed by atoms with Crippen molar-refractivity contribution in [3.05, 3.63) is 106 Å². The first-order valence-electron chi connectivity index (χ1n) is 10.9. The Bertz CT molecular complexity index is 1090. The maximum absolute atomic E-state index is 13.5. The van der Waals surface area contributed by atoms with Crippen LogP contribution in [0.15, 0.2) is 78.9 Å². The van der Waals surface area contributed by atoms with Crippen LogP contribution in [0.25, 0.3) is 0 Å². The molecule has 0 aromatic heterocycles. The number of likely N-dealkylation sites (tertiary alicyclic amines) is 1. The maximum atomic E-state index is 13.5. The number of nitrogens with zero attached hydrogens (tertiary/aromatic N) is 3. The van der Waals surface area contributed by atoms with E-state index in [9.17, 15) is 14.9 Å². The lowest BCUT2D eigenvalue weighted by atomic mass is 9.99. The molecule has 0 radical (unpaired) electrons. The second-order valence-electron chi connectivity index (χ2n) is 8.27. The molecule has 1 aliphatic rings. The molecule has 0 aliphatic carbocycles. The first-order chi connectivity index (χ1) is 15.5. The number of piperidine rings is 1. The Hall–Kier alpha value is -3.51. The van der Waals surface area contributed by atoms with E-state index in [0.717, 1.165) is 42.7 Å². The van der Waals surface area contributed by atoms with E-state index in [1.54, 1.807) is 12.1 Å². The largest absolute Gasteiger partial charge is 0.305 e. The van der Waals surface area contributed by atoms with Crippen LogP contribution in [0.4, 0.5) is 11.4 Å². The van der Waals surface area contributed by atoms with Crippen LogP contribution in [0.1, 0.15) is 34.3 Å². The molecule has 0 unspecified atom stereocenters. The molecule has 0 atom stereocenters. The Balaban J connectivity index is 1.52. The third-order valence-electron chi connectivity index (χ3n) is 6.02. The van der Waals surface area contributed by atoms with Crippen LogP contribution < -0.4 is 4.90 Å². The predicted octanol–water partition coefficient (Wildman–Crippen LogP) is 5.21. The summed E-state index contributed by atoms with van der Waals surface area (Å²) in [6, 6.07) is 24.5. The van der Waals surface area contributed by atoms with Gasteiger partial charge in [0, 0.05) is 48.6 Å². The molecule has 0 bridgehead atoms. The number of anilines is 1. The van der Waals surface area contributed by atoms with Gasteiger partial charge in [-0.05, 0) is 49.6 Å². The number of amides is 1. The first kappa shape index (κ1) is 21.7. The number of benzene rings is 3. The van der Waals surface area contributed by atoms with Crippen molar-refractivity contribution >= 4 is 17.3 Å². The van der Waals surface area contributed by atoms with Crippen molar-refractivity contribution in [2.45, 2.75) is 32.4 Å². The Kier molecular flexibility index (Phi) is 6.61. The highest BCUT2D eigenvalue weighted by Crippen LogP contribution is 2.28. The molecule has 32 heavy (non-hydrogen) atoms. The fraction of sp³-hybridized carbons (Fsp3) is 0.269. The SMILES string of the molecule is Cc1cccc(N(C(=O)c2ccccc2)C2CCN(Cc3ccccc3[N+](=O)[O-])CC2)c1. The van der Waals surface area contributed by atoms with Crippen molar-refractivity contribution in [3.63, 3.8) is 0 Å². The van der Waals surface area contributed by atoms with Crippen LogP contribution in [-0.2, 0) is 6.54 Å². The second kappa shape index (κ2) is 9.75. The highest BCUT2D eigenvalue weighted by atomic mass is 16.6. The molecule has 4 rings (SSSR count). The number of nitro groups is 1. The normalized spacial score (nSPS) is 14.8. The van der Waals surface area contributed by atoms with E-state index in [1.807, 2.05) is 72.5 Å². The van der Waals surface area contributed by atoms with Crippen LogP contribution >= 0.6 is 0 Å². The summed E-state index contributed by atoms with van der Waals surface area (Å²) in [6.07, 6.45) is 1.63. The zero-order valence-electron chi connectivity index (χ0n) is 18.2. The maximum Gasteiger partial charge on any atom is 0.273 e. The summed E-state index contributed by atoms with van der Waals surface area (Å²) in [6.45, 7) is 4.13. The molecule has 3 aromatic carbocycles. The van der Waals surface area contributed by atoms with Crippen LogP contribution in [-0.4, -0.2) is 34.9 Å². The van der Waals surface area contributed by atoms with E-state index >= 15 is 0 Å². The van der Waals surface area contributed by atoms with E-state index in [1.165, 1.54) is 0 Å². The summed E-state index contributed by atoms with van der Waals surface area (Å²) < 4.78 is 0. The Morgan fingerprint density at radius 2 is 1.69 bits per heavy atom. The lowest BCUT2D eigenvalue weighted by Crippen LogP contribution is -2.47. The highest BCUT2D eigenvalue weighted by molar-refractivity contribution is 6.06. The lowest BCUT2D eigenvalue weighted by Gasteiger charge is -2.38. The Morgan fingerprint density at radius 3 is 2.38 bits per heavy atom. The molecule has 3 aromatic rings. The standard InChI is InChI=1S/C26H27N3O3/c1-20-8-7-12-24(18-20)28(26(30)21-9-3-2-4-10-21)23-14-16-27(17-15-23)19-22-11-5-6-13-25(22)29(31)32/h2-13,18,23H,14-17,19H2,1H3. The number of aryl methyl sites for hydroxylation is 1. The molecule has 1 aliphatic heterocycles. The number of nitro benzene ring substituents is 1. The van der Waals surface area contributed by atoms with Crippen molar-refractivity contribution in [2.24, 2.45) is 0 Å². The van der Waals surface area contributed by atoms with Crippen LogP contribution in [0.2, 0.25) is 0 Å². The number of hydrogen-bond acceptors (Lipinski definition) is 4. The summed E-state index contributed by atoms with van der Waals surface area (Å²) in [5, 5.41) is 11.3. The van der Waals surface area contributed by atoms with Gasteiger partial charge in [0.15, 0.2) is 0 Å². The van der Waals surface area contributed by atoms with Gasteiger partial charge in [-0.2, -0.15) is 0 Å². The van der Waals surface area contributed by atoms with Gasteiger partial charge in [-0.3, -0.25) is 19.8 Å². The summed E-state index contributed by atoms with van der Waals surface area (Å²) in [7, 11) is 0. The Morgan fingerprint density at radius 1 is 1.00 bits per heavy atom. The van der Waals surface area contributed by atoms with Gasteiger partial charge in [0.2, 0.25) is 0 Å². The molecule has 6 heteroatoms. The van der Waals surface area contributed by atoms with Gasteiger partial charge < -0.3 is 4.90 Å². The molecule has 1 saturated heterocycles. The number of carbonyl (C=O) groups excluding carboxylic acids is 1. The molecular weight excluding hydrogens is 402 g/mol. The Labute approximate surface area is 188 Å². The highest BCUT2D eigenvalue weighted by Gasteiger charge is 2.30.